The molecule has 0 atom stereocenters. The van der Waals surface area contributed by atoms with Crippen LogP contribution in [-0.2, 0) is 6.42 Å². The van der Waals surface area contributed by atoms with Gasteiger partial charge in [-0.05, 0) is 36.2 Å². The van der Waals surface area contributed by atoms with Crippen molar-refractivity contribution >= 4 is 27.3 Å². The van der Waals surface area contributed by atoms with Gasteiger partial charge in [0.2, 0.25) is 0 Å². The minimum atomic E-state index is 1.01. The Bertz CT molecular complexity index is 560. The molecule has 0 aromatic heterocycles. The van der Waals surface area contributed by atoms with Crippen LogP contribution in [0.1, 0.15) is 5.56 Å². The predicted molar refractivity (Wildman–Crippen MR) is 75.6 cm³/mol. The van der Waals surface area contributed by atoms with Gasteiger partial charge in [0.05, 0.1) is 5.69 Å². The Kier molecular flexibility index (Phi) is 2.73. The molecule has 2 aromatic rings. The topological polar surface area (TPSA) is 3.24 Å². The molecule has 0 aliphatic carbocycles. The van der Waals surface area contributed by atoms with E-state index in [0.717, 1.165) is 10.9 Å². The maximum Gasteiger partial charge on any atom is 0.0501 e. The number of fused-ring (bicyclic) bond motifs is 1. The second-order valence-electron chi connectivity index (χ2n) is 4.07. The van der Waals surface area contributed by atoms with Crippen LogP contribution in [0.5, 0.6) is 0 Å². The van der Waals surface area contributed by atoms with Crippen LogP contribution in [0.2, 0.25) is 0 Å². The maximum absolute atomic E-state index is 3.54. The lowest BCUT2D eigenvalue weighted by atomic mass is 10.1. The number of rotatable bonds is 1. The summed E-state index contributed by atoms with van der Waals surface area (Å²) in [6.45, 7) is 0. The molecular formula is C15H12BrN. The largest absolute Gasteiger partial charge is 0.317 e. The van der Waals surface area contributed by atoms with Gasteiger partial charge >= 0.3 is 0 Å². The number of nitrogens with zero attached hydrogens (tertiary/aromatic N) is 1. The Hall–Kier alpha value is -1.54. The Labute approximate surface area is 110 Å². The Balaban J connectivity index is 2.11. The fourth-order valence-corrected chi connectivity index (χ4v) is 2.46. The molecule has 2 heteroatoms. The summed E-state index contributed by atoms with van der Waals surface area (Å²) < 4.78 is 1.12. The number of para-hydroxylation sites is 1. The van der Waals surface area contributed by atoms with Crippen molar-refractivity contribution in [2.75, 3.05) is 4.90 Å². The summed E-state index contributed by atoms with van der Waals surface area (Å²) in [6, 6.07) is 16.9. The summed E-state index contributed by atoms with van der Waals surface area (Å²) in [5, 5.41) is 0. The van der Waals surface area contributed by atoms with Crippen LogP contribution in [0.15, 0.2) is 65.3 Å². The lowest BCUT2D eigenvalue weighted by Crippen LogP contribution is -2.13. The van der Waals surface area contributed by atoms with Crippen molar-refractivity contribution < 1.29 is 0 Å². The van der Waals surface area contributed by atoms with E-state index in [1.165, 1.54) is 16.9 Å². The van der Waals surface area contributed by atoms with Gasteiger partial charge in [0.1, 0.15) is 0 Å². The van der Waals surface area contributed by atoms with E-state index in [2.05, 4.69) is 75.6 Å². The number of hydrogen-bond acceptors (Lipinski definition) is 1. The Morgan fingerprint density at radius 3 is 2.65 bits per heavy atom. The van der Waals surface area contributed by atoms with Gasteiger partial charge in [0.25, 0.3) is 0 Å². The third-order valence-corrected chi connectivity index (χ3v) is 3.43. The predicted octanol–water partition coefficient (Wildman–Crippen LogP) is 4.66. The fraction of sp³-hybridized carbons (Fsp3) is 0.0667. The second-order valence-corrected chi connectivity index (χ2v) is 4.98. The molecule has 0 spiro atoms. The van der Waals surface area contributed by atoms with Crippen LogP contribution < -0.4 is 4.90 Å². The normalized spacial score (nSPS) is 13.6. The smallest absolute Gasteiger partial charge is 0.0501 e. The SMILES string of the molecule is Brc1ccc2c(c1)N(c1ccccc1)C=CC2. The molecule has 2 aromatic carbocycles. The summed E-state index contributed by atoms with van der Waals surface area (Å²) in [7, 11) is 0. The van der Waals surface area contributed by atoms with Crippen molar-refractivity contribution in [1.82, 2.24) is 0 Å². The molecule has 0 radical (unpaired) electrons. The van der Waals surface area contributed by atoms with Gasteiger partial charge in [0, 0.05) is 16.4 Å². The Morgan fingerprint density at radius 2 is 1.82 bits per heavy atom. The van der Waals surface area contributed by atoms with Crippen LogP contribution in [-0.4, -0.2) is 0 Å². The summed E-state index contributed by atoms with van der Waals surface area (Å²) in [4.78, 5) is 2.23. The molecule has 0 amide bonds. The molecule has 1 aliphatic heterocycles. The number of anilines is 2. The maximum atomic E-state index is 3.54. The van der Waals surface area contributed by atoms with E-state index in [-0.39, 0.29) is 0 Å². The minimum absolute atomic E-state index is 1.01. The minimum Gasteiger partial charge on any atom is -0.317 e. The lowest BCUT2D eigenvalue weighted by molar-refractivity contribution is 1.13. The van der Waals surface area contributed by atoms with Crippen LogP contribution in [0.3, 0.4) is 0 Å². The van der Waals surface area contributed by atoms with Gasteiger partial charge < -0.3 is 4.90 Å². The van der Waals surface area contributed by atoms with Crippen molar-refractivity contribution in [1.29, 1.82) is 0 Å². The molecule has 0 saturated carbocycles. The summed E-state index contributed by atoms with van der Waals surface area (Å²) in [6.07, 6.45) is 5.35. The van der Waals surface area contributed by atoms with Crippen LogP contribution in [0.25, 0.3) is 0 Å². The molecule has 1 nitrogen and oxygen atoms in total. The van der Waals surface area contributed by atoms with Gasteiger partial charge in [0.15, 0.2) is 0 Å². The molecule has 1 aliphatic rings. The van der Waals surface area contributed by atoms with Gasteiger partial charge in [-0.1, -0.05) is 46.3 Å². The number of allylic oxidation sites excluding steroid dienone is 1. The van der Waals surface area contributed by atoms with Gasteiger partial charge in [-0.2, -0.15) is 0 Å². The highest BCUT2D eigenvalue weighted by Gasteiger charge is 2.14. The van der Waals surface area contributed by atoms with E-state index in [4.69, 9.17) is 0 Å². The molecule has 1 heterocycles. The third kappa shape index (κ3) is 2.01. The van der Waals surface area contributed by atoms with Gasteiger partial charge in [-0.25, -0.2) is 0 Å². The molecule has 0 saturated heterocycles. The molecule has 0 bridgehead atoms. The first kappa shape index (κ1) is 10.6. The van der Waals surface area contributed by atoms with Crippen molar-refractivity contribution in [2.45, 2.75) is 6.42 Å². The second kappa shape index (κ2) is 4.38. The Morgan fingerprint density at radius 1 is 1.00 bits per heavy atom. The number of hydrogen-bond donors (Lipinski definition) is 0. The highest BCUT2D eigenvalue weighted by Crippen LogP contribution is 2.34. The number of halogens is 1. The van der Waals surface area contributed by atoms with E-state index in [1.54, 1.807) is 0 Å². The lowest BCUT2D eigenvalue weighted by Gasteiger charge is -2.26. The monoisotopic (exact) mass is 285 g/mol. The molecule has 84 valence electrons. The highest BCUT2D eigenvalue weighted by atomic mass is 79.9. The van der Waals surface area contributed by atoms with E-state index in [0.29, 0.717) is 0 Å². The molecule has 0 unspecified atom stereocenters. The van der Waals surface area contributed by atoms with E-state index in [1.807, 2.05) is 6.07 Å². The van der Waals surface area contributed by atoms with Gasteiger partial charge in [-0.15, -0.1) is 0 Å². The van der Waals surface area contributed by atoms with Crippen LogP contribution >= 0.6 is 15.9 Å². The molecule has 0 fully saturated rings. The van der Waals surface area contributed by atoms with E-state index >= 15 is 0 Å². The first-order valence-corrected chi connectivity index (χ1v) is 6.43. The zero-order valence-electron chi connectivity index (χ0n) is 9.31. The van der Waals surface area contributed by atoms with Crippen molar-refractivity contribution in [2.24, 2.45) is 0 Å². The van der Waals surface area contributed by atoms with Crippen molar-refractivity contribution in [3.8, 4) is 0 Å². The van der Waals surface area contributed by atoms with Crippen molar-refractivity contribution in [3.63, 3.8) is 0 Å². The first-order chi connectivity index (χ1) is 8.34. The average Bonchev–Trinajstić information content (AvgIpc) is 2.39. The van der Waals surface area contributed by atoms with Crippen LogP contribution in [0.4, 0.5) is 11.4 Å². The first-order valence-electron chi connectivity index (χ1n) is 5.64. The molecule has 0 N–H and O–H groups in total. The fourth-order valence-electron chi connectivity index (χ4n) is 2.11. The zero-order chi connectivity index (χ0) is 11.7. The number of benzene rings is 2. The molecule has 17 heavy (non-hydrogen) atoms. The van der Waals surface area contributed by atoms with E-state index in [9.17, 15) is 0 Å². The average molecular weight is 286 g/mol. The van der Waals surface area contributed by atoms with Gasteiger partial charge in [-0.3, -0.25) is 0 Å². The highest BCUT2D eigenvalue weighted by molar-refractivity contribution is 9.10. The summed E-state index contributed by atoms with van der Waals surface area (Å²) in [5.41, 5.74) is 3.82. The van der Waals surface area contributed by atoms with Crippen LogP contribution in [0, 0.1) is 0 Å². The molecular weight excluding hydrogens is 274 g/mol. The standard InChI is InChI=1S/C15H12BrN/c16-13-9-8-12-5-4-10-17(15(12)11-13)14-6-2-1-3-7-14/h1-4,6-11H,5H2. The molecule has 3 rings (SSSR count). The summed E-state index contributed by atoms with van der Waals surface area (Å²) >= 11 is 3.54. The zero-order valence-corrected chi connectivity index (χ0v) is 10.9. The third-order valence-electron chi connectivity index (χ3n) is 2.93. The summed E-state index contributed by atoms with van der Waals surface area (Å²) in [5.74, 6) is 0. The van der Waals surface area contributed by atoms with E-state index < -0.39 is 0 Å². The quantitative estimate of drug-likeness (QED) is 0.737. The van der Waals surface area contributed by atoms with Crippen molar-refractivity contribution in [3.05, 3.63) is 70.8 Å².